The number of amides is 2. The fourth-order valence-electron chi connectivity index (χ4n) is 4.38. The SMILES string of the molecule is O=C(OCC(=O)N(C1=CCCCC1)C1CC1)C1CCN(C(=O)c2ccc(Br)cc2)CC1. The first-order valence-corrected chi connectivity index (χ1v) is 12.0. The Hall–Kier alpha value is -2.15. The maximum absolute atomic E-state index is 12.8. The number of likely N-dealkylation sites (tertiary alicyclic amines) is 1. The van der Waals surface area contributed by atoms with E-state index < -0.39 is 0 Å². The Kier molecular flexibility index (Phi) is 7.10. The number of carbonyl (C=O) groups is 3. The van der Waals surface area contributed by atoms with E-state index in [4.69, 9.17) is 4.74 Å². The number of hydrogen-bond donors (Lipinski definition) is 0. The summed E-state index contributed by atoms with van der Waals surface area (Å²) in [5.74, 6) is -0.704. The number of nitrogens with zero attached hydrogens (tertiary/aromatic N) is 2. The monoisotopic (exact) mass is 488 g/mol. The van der Waals surface area contributed by atoms with E-state index in [2.05, 4.69) is 22.0 Å². The summed E-state index contributed by atoms with van der Waals surface area (Å²) in [6.45, 7) is 0.845. The zero-order valence-electron chi connectivity index (χ0n) is 17.7. The third-order valence-corrected chi connectivity index (χ3v) is 6.83. The van der Waals surface area contributed by atoms with Gasteiger partial charge in [-0.2, -0.15) is 0 Å². The van der Waals surface area contributed by atoms with Crippen LogP contribution in [0, 0.1) is 5.92 Å². The van der Waals surface area contributed by atoms with Crippen LogP contribution in [0.3, 0.4) is 0 Å². The van der Waals surface area contributed by atoms with Crippen molar-refractivity contribution in [1.82, 2.24) is 9.80 Å². The van der Waals surface area contributed by atoms with E-state index in [1.54, 1.807) is 17.0 Å². The number of halogens is 1. The zero-order valence-corrected chi connectivity index (χ0v) is 19.3. The molecule has 0 atom stereocenters. The summed E-state index contributed by atoms with van der Waals surface area (Å²) in [6, 6.07) is 7.58. The van der Waals surface area contributed by atoms with Gasteiger partial charge in [0.15, 0.2) is 6.61 Å². The molecule has 1 saturated heterocycles. The lowest BCUT2D eigenvalue weighted by Gasteiger charge is -2.31. The highest BCUT2D eigenvalue weighted by Crippen LogP contribution is 2.34. The van der Waals surface area contributed by atoms with E-state index in [1.165, 1.54) is 6.42 Å². The molecule has 2 aliphatic carbocycles. The molecule has 0 radical (unpaired) electrons. The molecule has 0 aromatic heterocycles. The molecule has 1 aromatic rings. The quantitative estimate of drug-likeness (QED) is 0.560. The van der Waals surface area contributed by atoms with E-state index in [9.17, 15) is 14.4 Å². The summed E-state index contributed by atoms with van der Waals surface area (Å²) in [5, 5.41) is 0. The van der Waals surface area contributed by atoms with Crippen LogP contribution < -0.4 is 0 Å². The van der Waals surface area contributed by atoms with Crippen LogP contribution >= 0.6 is 15.9 Å². The van der Waals surface area contributed by atoms with E-state index in [-0.39, 0.29) is 36.4 Å². The molecular formula is C24H29BrN2O4. The molecular weight excluding hydrogens is 460 g/mol. The third-order valence-electron chi connectivity index (χ3n) is 6.30. The summed E-state index contributed by atoms with van der Waals surface area (Å²) in [5.41, 5.74) is 1.75. The van der Waals surface area contributed by atoms with Gasteiger partial charge in [-0.25, -0.2) is 0 Å². The second-order valence-corrected chi connectivity index (χ2v) is 9.53. The first-order valence-electron chi connectivity index (χ1n) is 11.3. The molecule has 1 aliphatic heterocycles. The molecule has 1 aromatic carbocycles. The van der Waals surface area contributed by atoms with E-state index in [1.807, 2.05) is 17.0 Å². The van der Waals surface area contributed by atoms with Crippen LogP contribution in [0.5, 0.6) is 0 Å². The Morgan fingerprint density at radius 3 is 2.35 bits per heavy atom. The fourth-order valence-corrected chi connectivity index (χ4v) is 4.65. The van der Waals surface area contributed by atoms with Crippen LogP contribution in [-0.4, -0.2) is 53.3 Å². The molecule has 31 heavy (non-hydrogen) atoms. The molecule has 0 N–H and O–H groups in total. The normalized spacial score (nSPS) is 19.5. The van der Waals surface area contributed by atoms with Gasteiger partial charge in [0.05, 0.1) is 5.92 Å². The average molecular weight is 489 g/mol. The highest BCUT2D eigenvalue weighted by molar-refractivity contribution is 9.10. The highest BCUT2D eigenvalue weighted by atomic mass is 79.9. The van der Waals surface area contributed by atoms with Crippen LogP contribution in [0.25, 0.3) is 0 Å². The van der Waals surface area contributed by atoms with E-state index in [0.29, 0.717) is 31.5 Å². The van der Waals surface area contributed by atoms with Crippen LogP contribution in [0.1, 0.15) is 61.7 Å². The maximum Gasteiger partial charge on any atom is 0.309 e. The standard InChI is InChI=1S/C24H29BrN2O4/c25-19-8-6-17(7-9-19)23(29)26-14-12-18(13-15-26)24(30)31-16-22(28)27(21-10-11-21)20-4-2-1-3-5-20/h4,6-9,18,21H,1-3,5,10-16H2. The lowest BCUT2D eigenvalue weighted by atomic mass is 9.96. The van der Waals surface area contributed by atoms with Gasteiger partial charge in [0.1, 0.15) is 0 Å². The van der Waals surface area contributed by atoms with Gasteiger partial charge in [0, 0.05) is 34.9 Å². The van der Waals surface area contributed by atoms with Gasteiger partial charge in [-0.05, 0) is 75.6 Å². The minimum absolute atomic E-state index is 0.0182. The first-order chi connectivity index (χ1) is 15.0. The minimum atomic E-state index is -0.322. The van der Waals surface area contributed by atoms with Gasteiger partial charge < -0.3 is 14.5 Å². The number of benzene rings is 1. The lowest BCUT2D eigenvalue weighted by Crippen LogP contribution is -2.41. The number of ether oxygens (including phenoxy) is 1. The Balaban J connectivity index is 1.25. The van der Waals surface area contributed by atoms with Crippen molar-refractivity contribution >= 4 is 33.7 Å². The summed E-state index contributed by atoms with van der Waals surface area (Å²) in [4.78, 5) is 41.6. The molecule has 0 unspecified atom stereocenters. The molecule has 166 valence electrons. The second kappa shape index (κ2) is 9.98. The third kappa shape index (κ3) is 5.56. The van der Waals surface area contributed by atoms with Crippen LogP contribution in [0.2, 0.25) is 0 Å². The molecule has 6 nitrogen and oxygen atoms in total. The van der Waals surface area contributed by atoms with Crippen molar-refractivity contribution in [2.75, 3.05) is 19.7 Å². The van der Waals surface area contributed by atoms with Gasteiger partial charge in [0.25, 0.3) is 11.8 Å². The van der Waals surface area contributed by atoms with Gasteiger partial charge in [-0.3, -0.25) is 14.4 Å². The Labute approximate surface area is 191 Å². The topological polar surface area (TPSA) is 66.9 Å². The highest BCUT2D eigenvalue weighted by Gasteiger charge is 2.36. The maximum atomic E-state index is 12.8. The van der Waals surface area contributed by atoms with Crippen molar-refractivity contribution in [3.05, 3.63) is 46.1 Å². The number of hydrogen-bond acceptors (Lipinski definition) is 4. The van der Waals surface area contributed by atoms with Crippen molar-refractivity contribution in [2.45, 2.75) is 57.4 Å². The molecule has 1 saturated carbocycles. The largest absolute Gasteiger partial charge is 0.455 e. The van der Waals surface area contributed by atoms with Crippen molar-refractivity contribution in [2.24, 2.45) is 5.92 Å². The Bertz CT molecular complexity index is 855. The number of piperidine rings is 1. The van der Waals surface area contributed by atoms with E-state index >= 15 is 0 Å². The van der Waals surface area contributed by atoms with Gasteiger partial charge in [0.2, 0.25) is 0 Å². The van der Waals surface area contributed by atoms with Crippen LogP contribution in [0.4, 0.5) is 0 Å². The predicted octanol–water partition coefficient (Wildman–Crippen LogP) is 4.29. The van der Waals surface area contributed by atoms with Crippen molar-refractivity contribution in [3.63, 3.8) is 0 Å². The molecule has 0 bridgehead atoms. The number of allylic oxidation sites excluding steroid dienone is 2. The molecule has 0 spiro atoms. The predicted molar refractivity (Wildman–Crippen MR) is 120 cm³/mol. The average Bonchev–Trinajstić information content (AvgIpc) is 3.63. The lowest BCUT2D eigenvalue weighted by molar-refractivity contribution is -0.156. The molecule has 2 amide bonds. The van der Waals surface area contributed by atoms with Crippen molar-refractivity contribution in [1.29, 1.82) is 0 Å². The molecule has 7 heteroatoms. The van der Waals surface area contributed by atoms with E-state index in [0.717, 1.165) is 42.3 Å². The van der Waals surface area contributed by atoms with Gasteiger partial charge in [-0.1, -0.05) is 22.0 Å². The summed E-state index contributed by atoms with van der Waals surface area (Å²) in [6.07, 6.45) is 9.58. The fraction of sp³-hybridized carbons (Fsp3) is 0.542. The molecule has 2 fully saturated rings. The Morgan fingerprint density at radius 2 is 1.74 bits per heavy atom. The zero-order chi connectivity index (χ0) is 21.8. The summed E-state index contributed by atoms with van der Waals surface area (Å²) >= 11 is 3.38. The first kappa shape index (κ1) is 22.1. The number of rotatable bonds is 6. The second-order valence-electron chi connectivity index (χ2n) is 8.62. The number of esters is 1. The molecule has 1 heterocycles. The van der Waals surface area contributed by atoms with Crippen molar-refractivity contribution < 1.29 is 19.1 Å². The smallest absolute Gasteiger partial charge is 0.309 e. The van der Waals surface area contributed by atoms with Crippen LogP contribution in [-0.2, 0) is 14.3 Å². The summed E-state index contributed by atoms with van der Waals surface area (Å²) in [7, 11) is 0. The summed E-state index contributed by atoms with van der Waals surface area (Å²) < 4.78 is 6.35. The minimum Gasteiger partial charge on any atom is -0.455 e. The Morgan fingerprint density at radius 1 is 1.03 bits per heavy atom. The number of carbonyl (C=O) groups excluding carboxylic acids is 3. The van der Waals surface area contributed by atoms with Gasteiger partial charge in [-0.15, -0.1) is 0 Å². The molecule has 3 aliphatic rings. The van der Waals surface area contributed by atoms with Crippen LogP contribution in [0.15, 0.2) is 40.5 Å². The van der Waals surface area contributed by atoms with Crippen molar-refractivity contribution in [3.8, 4) is 0 Å². The van der Waals surface area contributed by atoms with Gasteiger partial charge >= 0.3 is 5.97 Å². The molecule has 4 rings (SSSR count).